The van der Waals surface area contributed by atoms with Gasteiger partial charge in [0.25, 0.3) is 15.9 Å². The SMILES string of the molecule is O=C(Nc1cccc(CNC(=O)C2=CN3CCS(=O)(=O)N=C3C=C2)c1)NC1CC1. The van der Waals surface area contributed by atoms with Gasteiger partial charge in [0, 0.05) is 31.0 Å². The first-order valence-corrected chi connectivity index (χ1v) is 10.9. The number of carbonyl (C=O) groups excluding carboxylic acids is 2. The quantitative estimate of drug-likeness (QED) is 0.665. The maximum Gasteiger partial charge on any atom is 0.319 e. The minimum Gasteiger partial charge on any atom is -0.348 e. The van der Waals surface area contributed by atoms with E-state index in [0.717, 1.165) is 18.4 Å². The Bertz CT molecular complexity index is 1040. The summed E-state index contributed by atoms with van der Waals surface area (Å²) in [6, 6.07) is 7.31. The molecule has 0 unspecified atom stereocenters. The summed E-state index contributed by atoms with van der Waals surface area (Å²) in [6.07, 6.45) is 6.71. The fraction of sp³-hybridized carbons (Fsp3) is 0.316. The molecule has 1 fully saturated rings. The third-order valence-corrected chi connectivity index (χ3v) is 5.80. The molecule has 0 saturated heterocycles. The number of carbonyl (C=O) groups is 2. The van der Waals surface area contributed by atoms with Gasteiger partial charge < -0.3 is 20.9 Å². The Labute approximate surface area is 168 Å². The Hall–Kier alpha value is -3.14. The van der Waals surface area contributed by atoms with Crippen LogP contribution in [0.25, 0.3) is 0 Å². The summed E-state index contributed by atoms with van der Waals surface area (Å²) >= 11 is 0. The monoisotopic (exact) mass is 415 g/mol. The zero-order chi connectivity index (χ0) is 20.4. The number of hydrogen-bond acceptors (Lipinski definition) is 5. The van der Waals surface area contributed by atoms with Gasteiger partial charge >= 0.3 is 6.03 Å². The van der Waals surface area contributed by atoms with E-state index in [2.05, 4.69) is 20.3 Å². The molecule has 3 N–H and O–H groups in total. The number of hydrogen-bond donors (Lipinski definition) is 3. The molecule has 0 atom stereocenters. The highest BCUT2D eigenvalue weighted by Crippen LogP contribution is 2.19. The van der Waals surface area contributed by atoms with Gasteiger partial charge in [0.15, 0.2) is 0 Å². The van der Waals surface area contributed by atoms with Crippen LogP contribution in [0.3, 0.4) is 0 Å². The molecule has 0 spiro atoms. The van der Waals surface area contributed by atoms with Crippen molar-refractivity contribution in [3.63, 3.8) is 0 Å². The fourth-order valence-corrected chi connectivity index (χ4v) is 3.93. The summed E-state index contributed by atoms with van der Waals surface area (Å²) in [7, 11) is -3.42. The van der Waals surface area contributed by atoms with E-state index < -0.39 is 10.0 Å². The standard InChI is InChI=1S/C19H21N5O4S/c25-18(14-4-7-17-23-29(27,28)9-8-24(17)12-14)20-11-13-2-1-3-16(10-13)22-19(26)21-15-5-6-15/h1-4,7,10,12,15H,5-6,8-9,11H2,(H,20,25)(H2,21,22,26). The Morgan fingerprint density at radius 1 is 1.21 bits per heavy atom. The lowest BCUT2D eigenvalue weighted by molar-refractivity contribution is -0.117. The van der Waals surface area contributed by atoms with Gasteiger partial charge in [-0.25, -0.2) is 13.2 Å². The molecule has 10 heteroatoms. The molecule has 9 nitrogen and oxygen atoms in total. The molecule has 0 bridgehead atoms. The van der Waals surface area contributed by atoms with E-state index in [4.69, 9.17) is 0 Å². The van der Waals surface area contributed by atoms with Crippen molar-refractivity contribution >= 4 is 33.5 Å². The normalized spacial score (nSPS) is 19.5. The van der Waals surface area contributed by atoms with Gasteiger partial charge in [-0.15, -0.1) is 4.40 Å². The van der Waals surface area contributed by atoms with Crippen LogP contribution in [0.15, 0.2) is 52.6 Å². The number of nitrogens with zero attached hydrogens (tertiary/aromatic N) is 2. The summed E-state index contributed by atoms with van der Waals surface area (Å²) in [6.45, 7) is 0.554. The predicted molar refractivity (Wildman–Crippen MR) is 109 cm³/mol. The average molecular weight is 415 g/mol. The van der Waals surface area contributed by atoms with E-state index in [0.29, 0.717) is 23.6 Å². The van der Waals surface area contributed by atoms with Gasteiger partial charge in [0.1, 0.15) is 5.84 Å². The fourth-order valence-electron chi connectivity index (χ4n) is 2.96. The van der Waals surface area contributed by atoms with Crippen LogP contribution in [-0.2, 0) is 21.4 Å². The van der Waals surface area contributed by atoms with E-state index >= 15 is 0 Å². The van der Waals surface area contributed by atoms with Crippen molar-refractivity contribution in [2.75, 3.05) is 17.6 Å². The maximum absolute atomic E-state index is 12.5. The van der Waals surface area contributed by atoms with Crippen molar-refractivity contribution in [1.82, 2.24) is 15.5 Å². The summed E-state index contributed by atoms with van der Waals surface area (Å²) in [5.74, 6) is -0.0428. The molecule has 1 aromatic carbocycles. The maximum atomic E-state index is 12.5. The first-order valence-electron chi connectivity index (χ1n) is 9.32. The van der Waals surface area contributed by atoms with E-state index in [1.807, 2.05) is 12.1 Å². The molecule has 2 aliphatic heterocycles. The molecule has 3 amide bonds. The number of amidine groups is 1. The van der Waals surface area contributed by atoms with Crippen molar-refractivity contribution in [2.45, 2.75) is 25.4 Å². The molecule has 3 aliphatic rings. The van der Waals surface area contributed by atoms with E-state index in [1.165, 1.54) is 6.08 Å². The predicted octanol–water partition coefficient (Wildman–Crippen LogP) is 1.08. The highest BCUT2D eigenvalue weighted by Gasteiger charge is 2.25. The van der Waals surface area contributed by atoms with Gasteiger partial charge in [0.2, 0.25) is 0 Å². The number of anilines is 1. The lowest BCUT2D eigenvalue weighted by atomic mass is 10.1. The van der Waals surface area contributed by atoms with Crippen molar-refractivity contribution in [3.8, 4) is 0 Å². The smallest absolute Gasteiger partial charge is 0.319 e. The molecule has 1 saturated carbocycles. The number of sulfonamides is 1. The number of amides is 3. The zero-order valence-corrected chi connectivity index (χ0v) is 16.4. The lowest BCUT2D eigenvalue weighted by Gasteiger charge is -2.26. The number of fused-ring (bicyclic) bond motifs is 1. The van der Waals surface area contributed by atoms with Crippen molar-refractivity contribution in [3.05, 3.63) is 53.8 Å². The molecule has 1 aliphatic carbocycles. The molecule has 29 heavy (non-hydrogen) atoms. The first-order chi connectivity index (χ1) is 13.9. The van der Waals surface area contributed by atoms with E-state index in [-0.39, 0.29) is 30.3 Å². The van der Waals surface area contributed by atoms with Crippen molar-refractivity contribution in [2.24, 2.45) is 4.40 Å². The Morgan fingerprint density at radius 2 is 2.03 bits per heavy atom. The number of urea groups is 1. The van der Waals surface area contributed by atoms with Gasteiger partial charge in [-0.05, 0) is 42.7 Å². The molecule has 0 aromatic heterocycles. The van der Waals surface area contributed by atoms with Crippen LogP contribution in [-0.4, -0.2) is 49.4 Å². The molecule has 152 valence electrons. The lowest BCUT2D eigenvalue weighted by Crippen LogP contribution is -2.38. The second kappa shape index (κ2) is 7.70. The highest BCUT2D eigenvalue weighted by atomic mass is 32.2. The van der Waals surface area contributed by atoms with Crippen LogP contribution in [0.2, 0.25) is 0 Å². The largest absolute Gasteiger partial charge is 0.348 e. The number of rotatable bonds is 5. The third-order valence-electron chi connectivity index (χ3n) is 4.64. The Morgan fingerprint density at radius 3 is 2.83 bits per heavy atom. The van der Waals surface area contributed by atoms with Crippen LogP contribution in [0.5, 0.6) is 0 Å². The number of nitrogens with one attached hydrogen (secondary N) is 3. The molecule has 0 radical (unpaired) electrons. The topological polar surface area (TPSA) is 120 Å². The summed E-state index contributed by atoms with van der Waals surface area (Å²) in [4.78, 5) is 26.0. The van der Waals surface area contributed by atoms with E-state index in [9.17, 15) is 18.0 Å². The molecule has 4 rings (SSSR count). The average Bonchev–Trinajstić information content (AvgIpc) is 3.49. The van der Waals surface area contributed by atoms with E-state index in [1.54, 1.807) is 29.3 Å². The van der Waals surface area contributed by atoms with Gasteiger partial charge in [-0.2, -0.15) is 0 Å². The van der Waals surface area contributed by atoms with Crippen LogP contribution >= 0.6 is 0 Å². The van der Waals surface area contributed by atoms with Crippen molar-refractivity contribution in [1.29, 1.82) is 0 Å². The third kappa shape index (κ3) is 5.02. The molecular weight excluding hydrogens is 394 g/mol. The highest BCUT2D eigenvalue weighted by molar-refractivity contribution is 7.90. The zero-order valence-electron chi connectivity index (χ0n) is 15.6. The van der Waals surface area contributed by atoms with Crippen LogP contribution in [0, 0.1) is 0 Å². The minimum absolute atomic E-state index is 0.0795. The molecule has 1 aromatic rings. The van der Waals surface area contributed by atoms with Crippen LogP contribution in [0.1, 0.15) is 18.4 Å². The van der Waals surface area contributed by atoms with Crippen LogP contribution in [0.4, 0.5) is 10.5 Å². The van der Waals surface area contributed by atoms with Crippen molar-refractivity contribution < 1.29 is 18.0 Å². The summed E-state index contributed by atoms with van der Waals surface area (Å²) in [5, 5.41) is 8.48. The molecular formula is C19H21N5O4S. The molecule has 2 heterocycles. The Kier molecular flexibility index (Phi) is 5.10. The Balaban J connectivity index is 1.34. The second-order valence-electron chi connectivity index (χ2n) is 7.10. The number of benzene rings is 1. The van der Waals surface area contributed by atoms with Gasteiger partial charge in [-0.1, -0.05) is 12.1 Å². The first kappa shape index (κ1) is 19.2. The minimum atomic E-state index is -3.42. The summed E-state index contributed by atoms with van der Waals surface area (Å²) in [5.41, 5.74) is 1.91. The van der Waals surface area contributed by atoms with Gasteiger partial charge in [-0.3, -0.25) is 4.79 Å². The van der Waals surface area contributed by atoms with Gasteiger partial charge in [0.05, 0.1) is 11.3 Å². The summed E-state index contributed by atoms with van der Waals surface area (Å²) < 4.78 is 26.8. The second-order valence-corrected chi connectivity index (χ2v) is 8.86. The van der Waals surface area contributed by atoms with Crippen LogP contribution < -0.4 is 16.0 Å².